The Morgan fingerprint density at radius 1 is 1.33 bits per heavy atom. The lowest BCUT2D eigenvalue weighted by Gasteiger charge is -2.36. The van der Waals surface area contributed by atoms with Crippen LogP contribution in [-0.4, -0.2) is 67.6 Å². The van der Waals surface area contributed by atoms with E-state index in [0.29, 0.717) is 32.5 Å². The van der Waals surface area contributed by atoms with Crippen molar-refractivity contribution in [1.82, 2.24) is 9.80 Å². The number of likely N-dealkylation sites (tertiary alicyclic amines) is 2. The topological polar surface area (TPSA) is 75.9 Å². The Hall–Kier alpha value is -1.14. The number of hydrogen-bond acceptors (Lipinski definition) is 4. The summed E-state index contributed by atoms with van der Waals surface area (Å²) < 4.78 is 5.76. The van der Waals surface area contributed by atoms with Crippen molar-refractivity contribution in [2.45, 2.75) is 38.2 Å². The van der Waals surface area contributed by atoms with Crippen LogP contribution in [0.25, 0.3) is 0 Å². The molecule has 0 spiro atoms. The highest BCUT2D eigenvalue weighted by Gasteiger charge is 2.32. The molecule has 2 heterocycles. The average Bonchev–Trinajstić information content (AvgIpc) is 2.50. The van der Waals surface area contributed by atoms with Crippen molar-refractivity contribution in [2.24, 2.45) is 11.7 Å². The maximum absolute atomic E-state index is 12.5. The SMILES string of the molecule is CN1CC(C(=O)N2CCC(OCCCN)CC2)CCC1=O. The number of carbonyl (C=O) groups is 2. The molecule has 6 heteroatoms. The van der Waals surface area contributed by atoms with Gasteiger partial charge < -0.3 is 20.3 Å². The molecule has 2 amide bonds. The standard InChI is InChI=1S/C15H27N3O3/c1-17-11-12(3-4-14(17)19)15(20)18-8-5-13(6-9-18)21-10-2-7-16/h12-13H,2-11,16H2,1H3. The lowest BCUT2D eigenvalue weighted by Crippen LogP contribution is -2.48. The van der Waals surface area contributed by atoms with Gasteiger partial charge in [0.2, 0.25) is 11.8 Å². The Balaban J connectivity index is 1.74. The van der Waals surface area contributed by atoms with Gasteiger partial charge in [0.15, 0.2) is 0 Å². The van der Waals surface area contributed by atoms with Gasteiger partial charge in [-0.2, -0.15) is 0 Å². The smallest absolute Gasteiger partial charge is 0.227 e. The Morgan fingerprint density at radius 3 is 2.67 bits per heavy atom. The van der Waals surface area contributed by atoms with Gasteiger partial charge in [-0.1, -0.05) is 0 Å². The molecule has 0 aromatic carbocycles. The molecule has 1 unspecified atom stereocenters. The number of carbonyl (C=O) groups excluding carboxylic acids is 2. The van der Waals surface area contributed by atoms with E-state index in [0.717, 1.165) is 32.4 Å². The molecule has 0 aliphatic carbocycles. The molecular formula is C15H27N3O3. The lowest BCUT2D eigenvalue weighted by atomic mass is 9.95. The van der Waals surface area contributed by atoms with Gasteiger partial charge in [0.1, 0.15) is 0 Å². The molecule has 1 atom stereocenters. The normalized spacial score (nSPS) is 24.5. The van der Waals surface area contributed by atoms with E-state index in [9.17, 15) is 9.59 Å². The van der Waals surface area contributed by atoms with E-state index in [2.05, 4.69) is 0 Å². The number of nitrogens with zero attached hydrogens (tertiary/aromatic N) is 2. The van der Waals surface area contributed by atoms with Gasteiger partial charge in [0.25, 0.3) is 0 Å². The van der Waals surface area contributed by atoms with E-state index >= 15 is 0 Å². The molecular weight excluding hydrogens is 270 g/mol. The molecule has 0 bridgehead atoms. The summed E-state index contributed by atoms with van der Waals surface area (Å²) in [7, 11) is 1.78. The van der Waals surface area contributed by atoms with E-state index < -0.39 is 0 Å². The first-order valence-corrected chi connectivity index (χ1v) is 7.96. The van der Waals surface area contributed by atoms with Gasteiger partial charge in [0.05, 0.1) is 12.0 Å². The fourth-order valence-corrected chi connectivity index (χ4v) is 3.05. The van der Waals surface area contributed by atoms with Crippen LogP contribution in [-0.2, 0) is 14.3 Å². The molecule has 0 saturated carbocycles. The van der Waals surface area contributed by atoms with E-state index in [1.165, 1.54) is 0 Å². The lowest BCUT2D eigenvalue weighted by molar-refractivity contribution is -0.143. The summed E-state index contributed by atoms with van der Waals surface area (Å²) in [6.07, 6.45) is 4.13. The summed E-state index contributed by atoms with van der Waals surface area (Å²) in [4.78, 5) is 27.6. The van der Waals surface area contributed by atoms with E-state index in [1.54, 1.807) is 11.9 Å². The molecule has 6 nitrogen and oxygen atoms in total. The summed E-state index contributed by atoms with van der Waals surface area (Å²) in [5.74, 6) is 0.322. The molecule has 2 aliphatic heterocycles. The highest BCUT2D eigenvalue weighted by atomic mass is 16.5. The van der Waals surface area contributed by atoms with E-state index in [4.69, 9.17) is 10.5 Å². The zero-order valence-electron chi connectivity index (χ0n) is 12.9. The quantitative estimate of drug-likeness (QED) is 0.736. The van der Waals surface area contributed by atoms with Crippen LogP contribution in [0.2, 0.25) is 0 Å². The Labute approximate surface area is 126 Å². The van der Waals surface area contributed by atoms with E-state index in [1.807, 2.05) is 4.90 Å². The van der Waals surface area contributed by atoms with Gasteiger partial charge in [0, 0.05) is 39.7 Å². The van der Waals surface area contributed by atoms with Crippen LogP contribution in [0, 0.1) is 5.92 Å². The highest BCUT2D eigenvalue weighted by molar-refractivity contribution is 5.83. The fourth-order valence-electron chi connectivity index (χ4n) is 3.05. The maximum atomic E-state index is 12.5. The van der Waals surface area contributed by atoms with Gasteiger partial charge in [-0.3, -0.25) is 9.59 Å². The first-order valence-electron chi connectivity index (χ1n) is 7.96. The summed E-state index contributed by atoms with van der Waals surface area (Å²) in [6, 6.07) is 0. The zero-order chi connectivity index (χ0) is 15.2. The predicted octanol–water partition coefficient (Wildman–Crippen LogP) is 0.211. The second-order valence-corrected chi connectivity index (χ2v) is 6.05. The van der Waals surface area contributed by atoms with Crippen molar-refractivity contribution >= 4 is 11.8 Å². The van der Waals surface area contributed by atoms with Crippen molar-refractivity contribution in [3.8, 4) is 0 Å². The summed E-state index contributed by atoms with van der Waals surface area (Å²) in [5.41, 5.74) is 5.45. The van der Waals surface area contributed by atoms with Gasteiger partial charge in [-0.25, -0.2) is 0 Å². The molecule has 2 fully saturated rings. The van der Waals surface area contributed by atoms with Gasteiger partial charge >= 0.3 is 0 Å². The van der Waals surface area contributed by atoms with Crippen LogP contribution < -0.4 is 5.73 Å². The second kappa shape index (κ2) is 7.75. The number of piperidine rings is 2. The second-order valence-electron chi connectivity index (χ2n) is 6.05. The molecule has 2 rings (SSSR count). The first kappa shape index (κ1) is 16.2. The van der Waals surface area contributed by atoms with Crippen LogP contribution in [0.3, 0.4) is 0 Å². The molecule has 0 aromatic heterocycles. The number of nitrogens with two attached hydrogens (primary N) is 1. The first-order chi connectivity index (χ1) is 10.1. The van der Waals surface area contributed by atoms with Crippen molar-refractivity contribution in [2.75, 3.05) is 39.8 Å². The largest absolute Gasteiger partial charge is 0.378 e. The van der Waals surface area contributed by atoms with Crippen LogP contribution in [0.4, 0.5) is 0 Å². The summed E-state index contributed by atoms with van der Waals surface area (Å²) >= 11 is 0. The van der Waals surface area contributed by atoms with Crippen LogP contribution in [0.1, 0.15) is 32.1 Å². The minimum Gasteiger partial charge on any atom is -0.378 e. The van der Waals surface area contributed by atoms with Crippen LogP contribution in [0.5, 0.6) is 0 Å². The number of amides is 2. The monoisotopic (exact) mass is 297 g/mol. The minimum atomic E-state index is -0.0255. The maximum Gasteiger partial charge on any atom is 0.227 e. The van der Waals surface area contributed by atoms with Crippen LogP contribution >= 0.6 is 0 Å². The Bertz CT molecular complexity index is 367. The van der Waals surface area contributed by atoms with Crippen LogP contribution in [0.15, 0.2) is 0 Å². The molecule has 0 aromatic rings. The average molecular weight is 297 g/mol. The number of rotatable bonds is 5. The Morgan fingerprint density at radius 2 is 2.05 bits per heavy atom. The molecule has 2 N–H and O–H groups in total. The predicted molar refractivity (Wildman–Crippen MR) is 79.6 cm³/mol. The fraction of sp³-hybridized carbons (Fsp3) is 0.867. The van der Waals surface area contributed by atoms with Crippen molar-refractivity contribution < 1.29 is 14.3 Å². The molecule has 2 aliphatic rings. The van der Waals surface area contributed by atoms with Crippen molar-refractivity contribution in [1.29, 1.82) is 0 Å². The summed E-state index contributed by atoms with van der Waals surface area (Å²) in [5, 5.41) is 0. The van der Waals surface area contributed by atoms with Gasteiger partial charge in [-0.15, -0.1) is 0 Å². The third-order valence-corrected chi connectivity index (χ3v) is 4.43. The molecule has 120 valence electrons. The Kier molecular flexibility index (Phi) is 5.99. The molecule has 0 radical (unpaired) electrons. The summed E-state index contributed by atoms with van der Waals surface area (Å²) in [6.45, 7) is 3.46. The highest BCUT2D eigenvalue weighted by Crippen LogP contribution is 2.22. The number of ether oxygens (including phenoxy) is 1. The zero-order valence-corrected chi connectivity index (χ0v) is 12.9. The molecule has 2 saturated heterocycles. The van der Waals surface area contributed by atoms with Crippen molar-refractivity contribution in [3.63, 3.8) is 0 Å². The molecule has 21 heavy (non-hydrogen) atoms. The third kappa shape index (κ3) is 4.41. The minimum absolute atomic E-state index is 0.0255. The van der Waals surface area contributed by atoms with E-state index in [-0.39, 0.29) is 23.8 Å². The number of hydrogen-bond donors (Lipinski definition) is 1. The van der Waals surface area contributed by atoms with Gasteiger partial charge in [-0.05, 0) is 32.2 Å². The van der Waals surface area contributed by atoms with Crippen molar-refractivity contribution in [3.05, 3.63) is 0 Å². The third-order valence-electron chi connectivity index (χ3n) is 4.43.